The van der Waals surface area contributed by atoms with Crippen molar-refractivity contribution < 1.29 is 4.74 Å². The van der Waals surface area contributed by atoms with Crippen LogP contribution in [-0.2, 0) is 17.8 Å². The summed E-state index contributed by atoms with van der Waals surface area (Å²) in [5, 5.41) is 3.31. The minimum Gasteiger partial charge on any atom is -0.383 e. The van der Waals surface area contributed by atoms with Crippen LogP contribution in [0.2, 0.25) is 0 Å². The van der Waals surface area contributed by atoms with E-state index in [4.69, 9.17) is 4.74 Å². The molecule has 1 N–H and O–H groups in total. The van der Waals surface area contributed by atoms with Gasteiger partial charge in [0.05, 0.1) is 18.6 Å². The Morgan fingerprint density at radius 2 is 2.50 bits per heavy atom. The van der Waals surface area contributed by atoms with Crippen molar-refractivity contribution >= 4 is 11.8 Å². The lowest BCUT2D eigenvalue weighted by Gasteiger charge is -2.22. The predicted octanol–water partition coefficient (Wildman–Crippen LogP) is 1.90. The lowest BCUT2D eigenvalue weighted by atomic mass is 10.1. The van der Waals surface area contributed by atoms with Crippen molar-refractivity contribution in [1.82, 2.24) is 14.9 Å². The number of methoxy groups -OCH3 is 1. The van der Waals surface area contributed by atoms with E-state index in [0.717, 1.165) is 31.9 Å². The third-order valence-electron chi connectivity index (χ3n) is 3.29. The first-order valence-corrected chi connectivity index (χ1v) is 7.55. The molecule has 1 fully saturated rings. The molecule has 0 aliphatic carbocycles. The number of nitrogens with zero attached hydrogens (tertiary/aromatic N) is 2. The molecule has 4 nitrogen and oxygen atoms in total. The molecule has 2 rings (SSSR count). The molecule has 1 saturated heterocycles. The summed E-state index contributed by atoms with van der Waals surface area (Å²) in [6, 6.07) is 0. The predicted molar refractivity (Wildman–Crippen MR) is 75.9 cm³/mol. The maximum atomic E-state index is 5.00. The van der Waals surface area contributed by atoms with Crippen LogP contribution >= 0.6 is 11.8 Å². The van der Waals surface area contributed by atoms with E-state index in [-0.39, 0.29) is 0 Å². The average Bonchev–Trinajstić information content (AvgIpc) is 2.95. The minimum absolute atomic E-state index is 0.404. The molecule has 1 aliphatic rings. The lowest BCUT2D eigenvalue weighted by molar-refractivity contribution is 0.199. The van der Waals surface area contributed by atoms with E-state index < -0.39 is 0 Å². The zero-order valence-corrected chi connectivity index (χ0v) is 12.1. The molecule has 0 saturated carbocycles. The van der Waals surface area contributed by atoms with Gasteiger partial charge in [-0.2, -0.15) is 11.8 Å². The summed E-state index contributed by atoms with van der Waals surface area (Å²) in [5.74, 6) is 1.30. The van der Waals surface area contributed by atoms with Gasteiger partial charge < -0.3 is 14.6 Å². The second-order valence-electron chi connectivity index (χ2n) is 5.11. The highest BCUT2D eigenvalue weighted by atomic mass is 32.2. The van der Waals surface area contributed by atoms with Gasteiger partial charge in [-0.05, 0) is 25.5 Å². The van der Waals surface area contributed by atoms with Crippen molar-refractivity contribution in [3.05, 3.63) is 18.2 Å². The molecule has 1 aliphatic heterocycles. The second-order valence-corrected chi connectivity index (χ2v) is 6.79. The van der Waals surface area contributed by atoms with Gasteiger partial charge in [-0.25, -0.2) is 4.98 Å². The first-order chi connectivity index (χ1) is 8.72. The summed E-state index contributed by atoms with van der Waals surface area (Å²) in [6.07, 6.45) is 6.78. The monoisotopic (exact) mass is 269 g/mol. The zero-order valence-electron chi connectivity index (χ0n) is 11.3. The highest BCUT2D eigenvalue weighted by Gasteiger charge is 2.29. The summed E-state index contributed by atoms with van der Waals surface area (Å²) >= 11 is 2.09. The van der Waals surface area contributed by atoms with Crippen LogP contribution in [0.4, 0.5) is 0 Å². The number of hydrogen-bond donors (Lipinski definition) is 1. The maximum absolute atomic E-state index is 5.00. The second kappa shape index (κ2) is 6.59. The molecule has 0 radical (unpaired) electrons. The number of hydrogen-bond acceptors (Lipinski definition) is 4. The molecule has 18 heavy (non-hydrogen) atoms. The van der Waals surface area contributed by atoms with Crippen molar-refractivity contribution in [3.63, 3.8) is 0 Å². The van der Waals surface area contributed by atoms with Crippen LogP contribution in [0.25, 0.3) is 0 Å². The quantitative estimate of drug-likeness (QED) is 0.768. The number of aromatic nitrogens is 2. The van der Waals surface area contributed by atoms with Gasteiger partial charge in [-0.15, -0.1) is 0 Å². The van der Waals surface area contributed by atoms with Crippen molar-refractivity contribution in [3.8, 4) is 0 Å². The average molecular weight is 269 g/mol. The van der Waals surface area contributed by atoms with E-state index in [1.54, 1.807) is 7.11 Å². The number of thioether (sulfide) groups is 1. The molecule has 0 aromatic carbocycles. The van der Waals surface area contributed by atoms with Crippen molar-refractivity contribution in [1.29, 1.82) is 0 Å². The summed E-state index contributed by atoms with van der Waals surface area (Å²) in [7, 11) is 1.72. The topological polar surface area (TPSA) is 39.1 Å². The molecule has 102 valence electrons. The first kappa shape index (κ1) is 13.9. The number of imidazole rings is 1. The van der Waals surface area contributed by atoms with Gasteiger partial charge in [0, 0.05) is 37.7 Å². The molecule has 1 aromatic rings. The molecular formula is C13H23N3OS. The van der Waals surface area contributed by atoms with Gasteiger partial charge in [-0.3, -0.25) is 0 Å². The van der Waals surface area contributed by atoms with Gasteiger partial charge in [-0.1, -0.05) is 0 Å². The van der Waals surface area contributed by atoms with Crippen LogP contribution in [0.5, 0.6) is 0 Å². The third kappa shape index (κ3) is 4.00. The number of ether oxygens (including phenoxy) is 1. The van der Waals surface area contributed by atoms with Gasteiger partial charge >= 0.3 is 0 Å². The lowest BCUT2D eigenvalue weighted by Crippen LogP contribution is -2.23. The summed E-state index contributed by atoms with van der Waals surface area (Å²) in [4.78, 5) is 4.44. The van der Waals surface area contributed by atoms with Crippen molar-refractivity contribution in [2.24, 2.45) is 0 Å². The minimum atomic E-state index is 0.404. The molecule has 1 atom stereocenters. The zero-order chi connectivity index (χ0) is 12.8. The van der Waals surface area contributed by atoms with E-state index >= 15 is 0 Å². The van der Waals surface area contributed by atoms with Crippen LogP contribution < -0.4 is 5.32 Å². The highest BCUT2D eigenvalue weighted by Crippen LogP contribution is 2.38. The van der Waals surface area contributed by atoms with E-state index in [0.29, 0.717) is 4.75 Å². The Labute approximate surface area is 114 Å². The maximum Gasteiger partial charge on any atom is 0.0950 e. The van der Waals surface area contributed by atoms with Crippen LogP contribution in [0.1, 0.15) is 25.5 Å². The Hall–Kier alpha value is -0.520. The standard InChI is InChI=1S/C13H23N3OS/c1-13(4-3-7-18-13)10-16-9-12(15-11-16)8-14-5-6-17-2/h9,11,14H,3-8,10H2,1-2H3. The summed E-state index contributed by atoms with van der Waals surface area (Å²) in [6.45, 7) is 5.87. The highest BCUT2D eigenvalue weighted by molar-refractivity contribution is 8.00. The van der Waals surface area contributed by atoms with Gasteiger partial charge in [0.1, 0.15) is 0 Å². The van der Waals surface area contributed by atoms with E-state index in [1.165, 1.54) is 18.6 Å². The molecule has 1 aromatic heterocycles. The van der Waals surface area contributed by atoms with Gasteiger partial charge in [0.25, 0.3) is 0 Å². The molecule has 0 spiro atoms. The van der Waals surface area contributed by atoms with Crippen molar-refractivity contribution in [2.75, 3.05) is 26.0 Å². The summed E-state index contributed by atoms with van der Waals surface area (Å²) in [5.41, 5.74) is 1.11. The Morgan fingerprint density at radius 3 is 3.22 bits per heavy atom. The van der Waals surface area contributed by atoms with Crippen molar-refractivity contribution in [2.45, 2.75) is 37.6 Å². The molecule has 0 amide bonds. The van der Waals surface area contributed by atoms with Crippen LogP contribution in [0, 0.1) is 0 Å². The summed E-state index contributed by atoms with van der Waals surface area (Å²) < 4.78 is 7.63. The largest absolute Gasteiger partial charge is 0.383 e. The normalized spacial score (nSPS) is 23.7. The Morgan fingerprint density at radius 1 is 1.61 bits per heavy atom. The molecule has 0 bridgehead atoms. The van der Waals surface area contributed by atoms with E-state index in [1.807, 2.05) is 6.33 Å². The van der Waals surface area contributed by atoms with E-state index in [2.05, 4.69) is 39.8 Å². The van der Waals surface area contributed by atoms with E-state index in [9.17, 15) is 0 Å². The number of nitrogens with one attached hydrogen (secondary N) is 1. The van der Waals surface area contributed by atoms with Crippen LogP contribution in [-0.4, -0.2) is 40.3 Å². The smallest absolute Gasteiger partial charge is 0.0950 e. The molecule has 2 heterocycles. The fourth-order valence-electron chi connectivity index (χ4n) is 2.32. The Balaban J connectivity index is 1.78. The fraction of sp³-hybridized carbons (Fsp3) is 0.769. The van der Waals surface area contributed by atoms with Gasteiger partial charge in [0.2, 0.25) is 0 Å². The van der Waals surface area contributed by atoms with Crippen LogP contribution in [0.3, 0.4) is 0 Å². The van der Waals surface area contributed by atoms with Gasteiger partial charge in [0.15, 0.2) is 0 Å². The fourth-order valence-corrected chi connectivity index (χ4v) is 3.63. The Bertz CT molecular complexity index is 361. The Kier molecular flexibility index (Phi) is 5.09. The molecular weight excluding hydrogens is 246 g/mol. The van der Waals surface area contributed by atoms with Crippen LogP contribution in [0.15, 0.2) is 12.5 Å². The molecule has 5 heteroatoms. The SMILES string of the molecule is COCCNCc1cn(CC2(C)CCCS2)cn1. The third-order valence-corrected chi connectivity index (χ3v) is 4.82. The first-order valence-electron chi connectivity index (χ1n) is 6.56. The number of rotatable bonds is 7. The molecule has 1 unspecified atom stereocenters.